The van der Waals surface area contributed by atoms with Gasteiger partial charge in [-0.2, -0.15) is 0 Å². The number of rotatable bonds is 3. The largest absolute Gasteiger partial charge is 0.504 e. The number of aromatic hydroxyl groups is 2. The normalized spacial score (nSPS) is 17.2. The fourth-order valence-corrected chi connectivity index (χ4v) is 1.66. The van der Waals surface area contributed by atoms with Crippen molar-refractivity contribution in [2.75, 3.05) is 7.11 Å². The first-order valence-electron chi connectivity index (χ1n) is 5.03. The minimum atomic E-state index is -0.658. The van der Waals surface area contributed by atoms with Crippen molar-refractivity contribution in [2.45, 2.75) is 24.8 Å². The van der Waals surface area contributed by atoms with E-state index in [0.717, 1.165) is 18.9 Å². The minimum Gasteiger partial charge on any atom is -0.504 e. The van der Waals surface area contributed by atoms with Crippen molar-refractivity contribution in [3.05, 3.63) is 17.4 Å². The van der Waals surface area contributed by atoms with Crippen LogP contribution in [0.5, 0.6) is 17.2 Å². The van der Waals surface area contributed by atoms with Crippen LogP contribution in [0.4, 0.5) is 4.39 Å². The quantitative estimate of drug-likeness (QED) is 0.680. The summed E-state index contributed by atoms with van der Waals surface area (Å²) < 4.78 is 18.6. The topological polar surface area (TPSA) is 75.7 Å². The molecule has 16 heavy (non-hydrogen) atoms. The Bertz CT molecular complexity index is 430. The monoisotopic (exact) mass is 227 g/mol. The third kappa shape index (κ3) is 1.78. The van der Waals surface area contributed by atoms with Crippen LogP contribution in [0.25, 0.3) is 0 Å². The fraction of sp³-hybridized carbons (Fsp3) is 0.455. The SMILES string of the molecule is COc1cc(O)c(O)c(CC2(N)CC2)c1F. The first-order chi connectivity index (χ1) is 7.47. The van der Waals surface area contributed by atoms with E-state index >= 15 is 0 Å². The molecule has 0 bridgehead atoms. The smallest absolute Gasteiger partial charge is 0.172 e. The van der Waals surface area contributed by atoms with E-state index in [-0.39, 0.29) is 17.7 Å². The van der Waals surface area contributed by atoms with Crippen LogP contribution in [0.2, 0.25) is 0 Å². The van der Waals surface area contributed by atoms with Crippen LogP contribution in [-0.2, 0) is 6.42 Å². The lowest BCUT2D eigenvalue weighted by Gasteiger charge is -2.14. The zero-order chi connectivity index (χ0) is 11.9. The lowest BCUT2D eigenvalue weighted by Crippen LogP contribution is -2.25. The Morgan fingerprint density at radius 2 is 2.12 bits per heavy atom. The van der Waals surface area contributed by atoms with E-state index in [9.17, 15) is 14.6 Å². The molecule has 0 aliphatic heterocycles. The Balaban J connectivity index is 2.44. The van der Waals surface area contributed by atoms with Crippen molar-refractivity contribution in [3.8, 4) is 17.2 Å². The molecule has 5 heteroatoms. The van der Waals surface area contributed by atoms with Crippen LogP contribution < -0.4 is 10.5 Å². The average Bonchev–Trinajstić information content (AvgIpc) is 2.97. The van der Waals surface area contributed by atoms with Crippen molar-refractivity contribution in [1.29, 1.82) is 0 Å². The zero-order valence-electron chi connectivity index (χ0n) is 8.96. The van der Waals surface area contributed by atoms with Gasteiger partial charge in [0, 0.05) is 17.2 Å². The third-order valence-electron chi connectivity index (χ3n) is 2.92. The van der Waals surface area contributed by atoms with E-state index in [4.69, 9.17) is 10.5 Å². The predicted octanol–water partition coefficient (Wildman–Crippen LogP) is 1.28. The summed E-state index contributed by atoms with van der Waals surface area (Å²) in [7, 11) is 1.30. The molecule has 0 amide bonds. The van der Waals surface area contributed by atoms with Gasteiger partial charge in [0.15, 0.2) is 23.1 Å². The van der Waals surface area contributed by atoms with Gasteiger partial charge in [0.25, 0.3) is 0 Å². The summed E-state index contributed by atoms with van der Waals surface area (Å²) in [5, 5.41) is 19.0. The van der Waals surface area contributed by atoms with E-state index in [2.05, 4.69) is 0 Å². The van der Waals surface area contributed by atoms with Crippen molar-refractivity contribution < 1.29 is 19.3 Å². The number of hydrogen-bond donors (Lipinski definition) is 3. The molecule has 0 aromatic heterocycles. The highest BCUT2D eigenvalue weighted by atomic mass is 19.1. The van der Waals surface area contributed by atoms with E-state index in [1.54, 1.807) is 0 Å². The number of phenols is 2. The molecule has 1 aromatic carbocycles. The van der Waals surface area contributed by atoms with Gasteiger partial charge in [0.2, 0.25) is 0 Å². The molecule has 1 aromatic rings. The summed E-state index contributed by atoms with van der Waals surface area (Å²) in [5.41, 5.74) is 5.44. The molecule has 1 saturated carbocycles. The van der Waals surface area contributed by atoms with Crippen LogP contribution in [0.1, 0.15) is 18.4 Å². The van der Waals surface area contributed by atoms with Gasteiger partial charge in [0.1, 0.15) is 0 Å². The molecular formula is C11H14FNO3. The summed E-state index contributed by atoms with van der Waals surface area (Å²) in [6.07, 6.45) is 1.79. The molecule has 0 radical (unpaired) electrons. The second-order valence-corrected chi connectivity index (χ2v) is 4.28. The van der Waals surface area contributed by atoms with E-state index in [1.165, 1.54) is 7.11 Å². The lowest BCUT2D eigenvalue weighted by atomic mass is 10.0. The van der Waals surface area contributed by atoms with Crippen molar-refractivity contribution in [2.24, 2.45) is 5.73 Å². The highest BCUT2D eigenvalue weighted by Gasteiger charge is 2.40. The van der Waals surface area contributed by atoms with Gasteiger partial charge in [0.05, 0.1) is 7.11 Å². The maximum Gasteiger partial charge on any atom is 0.172 e. The van der Waals surface area contributed by atoms with E-state index < -0.39 is 22.9 Å². The van der Waals surface area contributed by atoms with Gasteiger partial charge in [-0.15, -0.1) is 0 Å². The molecule has 0 spiro atoms. The number of benzene rings is 1. The average molecular weight is 227 g/mol. The van der Waals surface area contributed by atoms with Gasteiger partial charge < -0.3 is 20.7 Å². The van der Waals surface area contributed by atoms with Gasteiger partial charge in [-0.25, -0.2) is 4.39 Å². The van der Waals surface area contributed by atoms with Gasteiger partial charge in [-0.05, 0) is 19.3 Å². The molecule has 0 atom stereocenters. The maximum absolute atomic E-state index is 13.8. The number of nitrogens with two attached hydrogens (primary N) is 1. The van der Waals surface area contributed by atoms with Crippen LogP contribution >= 0.6 is 0 Å². The highest BCUT2D eigenvalue weighted by molar-refractivity contribution is 5.52. The standard InChI is InChI=1S/C11H14FNO3/c1-16-8-4-7(14)10(15)6(9(8)12)5-11(13)2-3-11/h4,14-15H,2-3,5,13H2,1H3. The molecular weight excluding hydrogens is 213 g/mol. The van der Waals surface area contributed by atoms with Crippen LogP contribution in [-0.4, -0.2) is 22.9 Å². The summed E-state index contributed by atoms with van der Waals surface area (Å²) in [4.78, 5) is 0. The van der Waals surface area contributed by atoms with Crippen LogP contribution in [0.15, 0.2) is 6.07 Å². The molecule has 4 N–H and O–H groups in total. The van der Waals surface area contributed by atoms with Crippen LogP contribution in [0, 0.1) is 5.82 Å². The molecule has 0 unspecified atom stereocenters. The lowest BCUT2D eigenvalue weighted by molar-refractivity contribution is 0.357. The second-order valence-electron chi connectivity index (χ2n) is 4.28. The molecule has 1 fully saturated rings. The first-order valence-corrected chi connectivity index (χ1v) is 5.03. The van der Waals surface area contributed by atoms with Gasteiger partial charge in [-0.3, -0.25) is 0 Å². The van der Waals surface area contributed by atoms with Crippen molar-refractivity contribution >= 4 is 0 Å². The molecule has 1 aliphatic carbocycles. The van der Waals surface area contributed by atoms with Gasteiger partial charge in [-0.1, -0.05) is 0 Å². The molecule has 1 aliphatic rings. The van der Waals surface area contributed by atoms with E-state index in [0.29, 0.717) is 0 Å². The number of ether oxygens (including phenoxy) is 1. The molecule has 0 saturated heterocycles. The Kier molecular flexibility index (Phi) is 2.42. The summed E-state index contributed by atoms with van der Waals surface area (Å²) >= 11 is 0. The van der Waals surface area contributed by atoms with Crippen molar-refractivity contribution in [3.63, 3.8) is 0 Å². The highest BCUT2D eigenvalue weighted by Crippen LogP contribution is 2.43. The Hall–Kier alpha value is -1.49. The first kappa shape index (κ1) is 11.0. The Morgan fingerprint density at radius 3 is 2.62 bits per heavy atom. The molecule has 88 valence electrons. The zero-order valence-corrected chi connectivity index (χ0v) is 8.96. The Labute approximate surface area is 92.5 Å². The predicted molar refractivity (Wildman–Crippen MR) is 56.1 cm³/mol. The fourth-order valence-electron chi connectivity index (χ4n) is 1.66. The van der Waals surface area contributed by atoms with Gasteiger partial charge >= 0.3 is 0 Å². The minimum absolute atomic E-state index is 0.0249. The maximum atomic E-state index is 13.8. The summed E-state index contributed by atoms with van der Waals surface area (Å²) in [6, 6.07) is 1.05. The summed E-state index contributed by atoms with van der Waals surface area (Å²) in [6.45, 7) is 0. The molecule has 2 rings (SSSR count). The van der Waals surface area contributed by atoms with Crippen molar-refractivity contribution in [1.82, 2.24) is 0 Å². The summed E-state index contributed by atoms with van der Waals surface area (Å²) in [5.74, 6) is -1.59. The Morgan fingerprint density at radius 1 is 1.50 bits per heavy atom. The number of methoxy groups -OCH3 is 1. The number of hydrogen-bond acceptors (Lipinski definition) is 4. The molecule has 4 nitrogen and oxygen atoms in total. The second kappa shape index (κ2) is 3.52. The number of phenolic OH excluding ortho intramolecular Hbond substituents is 2. The number of halogens is 1. The third-order valence-corrected chi connectivity index (χ3v) is 2.92. The van der Waals surface area contributed by atoms with E-state index in [1.807, 2.05) is 0 Å². The molecule has 0 heterocycles. The van der Waals surface area contributed by atoms with Crippen LogP contribution in [0.3, 0.4) is 0 Å².